The van der Waals surface area contributed by atoms with Crippen molar-refractivity contribution in [2.45, 2.75) is 31.7 Å². The molecule has 4 rings (SSSR count). The van der Waals surface area contributed by atoms with Crippen molar-refractivity contribution in [3.8, 4) is 0 Å². The van der Waals surface area contributed by atoms with E-state index >= 15 is 0 Å². The van der Waals surface area contributed by atoms with Crippen LogP contribution < -0.4 is 10.6 Å². The summed E-state index contributed by atoms with van der Waals surface area (Å²) in [6.45, 7) is 0. The number of hydrogen-bond acceptors (Lipinski definition) is 3. The van der Waals surface area contributed by atoms with Crippen LogP contribution in [0.4, 0.5) is 10.6 Å². The number of aromatic nitrogens is 3. The van der Waals surface area contributed by atoms with Gasteiger partial charge in [0.25, 0.3) is 0 Å². The summed E-state index contributed by atoms with van der Waals surface area (Å²) in [5.74, 6) is 1.98. The highest BCUT2D eigenvalue weighted by Gasteiger charge is 2.40. The predicted molar refractivity (Wildman–Crippen MR) is 75.3 cm³/mol. The molecule has 0 spiro atoms. The molecule has 2 heterocycles. The fourth-order valence-electron chi connectivity index (χ4n) is 3.63. The van der Waals surface area contributed by atoms with E-state index in [1.54, 1.807) is 12.4 Å². The SMILES string of the molecule is O=C(Nc1cnc2[nH]ccc2n1)NC1CC2CCC1C2. The van der Waals surface area contributed by atoms with Crippen LogP contribution in [0.2, 0.25) is 0 Å². The molecule has 6 nitrogen and oxygen atoms in total. The van der Waals surface area contributed by atoms with E-state index in [1.165, 1.54) is 19.3 Å². The number of aromatic amines is 1. The summed E-state index contributed by atoms with van der Waals surface area (Å²) in [5, 5.41) is 5.85. The molecule has 2 fully saturated rings. The lowest BCUT2D eigenvalue weighted by Crippen LogP contribution is -2.41. The number of amides is 2. The molecule has 3 unspecified atom stereocenters. The van der Waals surface area contributed by atoms with Crippen molar-refractivity contribution in [2.24, 2.45) is 11.8 Å². The van der Waals surface area contributed by atoms with Crippen molar-refractivity contribution in [2.75, 3.05) is 5.32 Å². The Morgan fingerprint density at radius 1 is 1.35 bits per heavy atom. The monoisotopic (exact) mass is 271 g/mol. The summed E-state index contributed by atoms with van der Waals surface area (Å²) in [7, 11) is 0. The number of carbonyl (C=O) groups excluding carboxylic acids is 1. The van der Waals surface area contributed by atoms with E-state index in [1.807, 2.05) is 6.07 Å². The fourth-order valence-corrected chi connectivity index (χ4v) is 3.63. The molecule has 0 aromatic carbocycles. The molecule has 2 saturated carbocycles. The molecule has 0 aliphatic heterocycles. The minimum Gasteiger partial charge on any atom is -0.345 e. The van der Waals surface area contributed by atoms with Crippen LogP contribution in [-0.2, 0) is 0 Å². The summed E-state index contributed by atoms with van der Waals surface area (Å²) in [5.41, 5.74) is 1.48. The standard InChI is InChI=1S/C14H17N5O/c20-14(18-11-6-8-1-2-9(11)5-8)19-12-7-16-13-10(17-12)3-4-15-13/h3-4,7-9,11H,1-2,5-6H2,(H,15,16)(H2,17,18,19,20). The van der Waals surface area contributed by atoms with Crippen LogP contribution in [0.25, 0.3) is 11.2 Å². The first-order chi connectivity index (χ1) is 9.78. The van der Waals surface area contributed by atoms with Gasteiger partial charge in [0.15, 0.2) is 11.5 Å². The normalized spacial score (nSPS) is 27.9. The lowest BCUT2D eigenvalue weighted by atomic mass is 9.95. The second-order valence-corrected chi connectivity index (χ2v) is 5.85. The van der Waals surface area contributed by atoms with Gasteiger partial charge >= 0.3 is 6.03 Å². The van der Waals surface area contributed by atoms with Gasteiger partial charge in [0.05, 0.1) is 6.20 Å². The largest absolute Gasteiger partial charge is 0.345 e. The first-order valence-electron chi connectivity index (χ1n) is 7.15. The quantitative estimate of drug-likeness (QED) is 0.783. The zero-order valence-corrected chi connectivity index (χ0v) is 11.1. The van der Waals surface area contributed by atoms with E-state index in [0.717, 1.165) is 23.5 Å². The molecule has 2 aromatic rings. The van der Waals surface area contributed by atoms with E-state index in [-0.39, 0.29) is 6.03 Å². The van der Waals surface area contributed by atoms with Crippen LogP contribution in [0.15, 0.2) is 18.5 Å². The Morgan fingerprint density at radius 2 is 2.30 bits per heavy atom. The Balaban J connectivity index is 1.41. The second-order valence-electron chi connectivity index (χ2n) is 5.85. The van der Waals surface area contributed by atoms with Crippen LogP contribution in [-0.4, -0.2) is 27.0 Å². The highest BCUT2D eigenvalue weighted by molar-refractivity contribution is 5.89. The van der Waals surface area contributed by atoms with E-state index in [2.05, 4.69) is 25.6 Å². The highest BCUT2D eigenvalue weighted by Crippen LogP contribution is 2.44. The zero-order chi connectivity index (χ0) is 13.5. The van der Waals surface area contributed by atoms with Crippen LogP contribution in [0, 0.1) is 11.8 Å². The predicted octanol–water partition coefficient (Wildman–Crippen LogP) is 2.27. The number of H-pyrrole nitrogens is 1. The summed E-state index contributed by atoms with van der Waals surface area (Å²) >= 11 is 0. The van der Waals surface area contributed by atoms with Gasteiger partial charge in [-0.1, -0.05) is 6.42 Å². The average Bonchev–Trinajstić information content (AvgIpc) is 3.13. The van der Waals surface area contributed by atoms with Gasteiger partial charge in [-0.15, -0.1) is 0 Å². The number of nitrogens with zero attached hydrogens (tertiary/aromatic N) is 2. The molecular weight excluding hydrogens is 254 g/mol. The zero-order valence-electron chi connectivity index (χ0n) is 11.1. The summed E-state index contributed by atoms with van der Waals surface area (Å²) < 4.78 is 0. The minimum absolute atomic E-state index is 0.174. The smallest absolute Gasteiger partial charge is 0.320 e. The Kier molecular flexibility index (Phi) is 2.61. The number of carbonyl (C=O) groups is 1. The number of anilines is 1. The number of hydrogen-bond donors (Lipinski definition) is 3. The molecule has 2 bridgehead atoms. The Labute approximate surface area is 116 Å². The van der Waals surface area contributed by atoms with Crippen LogP contribution in [0.5, 0.6) is 0 Å². The summed E-state index contributed by atoms with van der Waals surface area (Å²) in [4.78, 5) is 23.5. The lowest BCUT2D eigenvalue weighted by molar-refractivity contribution is 0.242. The number of nitrogens with one attached hydrogen (secondary N) is 3. The van der Waals surface area contributed by atoms with Gasteiger partial charge in [-0.05, 0) is 37.2 Å². The Morgan fingerprint density at radius 3 is 3.10 bits per heavy atom. The maximum atomic E-state index is 12.0. The third kappa shape index (κ3) is 2.01. The van der Waals surface area contributed by atoms with Gasteiger partial charge < -0.3 is 10.3 Å². The second kappa shape index (κ2) is 4.47. The van der Waals surface area contributed by atoms with Gasteiger partial charge in [-0.2, -0.15) is 0 Å². The maximum absolute atomic E-state index is 12.0. The molecule has 2 aromatic heterocycles. The van der Waals surface area contributed by atoms with Crippen molar-refractivity contribution in [3.63, 3.8) is 0 Å². The molecule has 6 heteroatoms. The molecule has 3 atom stereocenters. The van der Waals surface area contributed by atoms with Gasteiger partial charge in [0.1, 0.15) is 5.52 Å². The molecule has 2 aliphatic rings. The van der Waals surface area contributed by atoms with E-state index in [0.29, 0.717) is 17.8 Å². The number of fused-ring (bicyclic) bond motifs is 3. The van der Waals surface area contributed by atoms with Gasteiger partial charge in [-0.25, -0.2) is 14.8 Å². The first kappa shape index (κ1) is 11.7. The Hall–Kier alpha value is -2.11. The van der Waals surface area contributed by atoms with E-state index < -0.39 is 0 Å². The Bertz CT molecular complexity index is 652. The van der Waals surface area contributed by atoms with Gasteiger partial charge in [-0.3, -0.25) is 5.32 Å². The fraction of sp³-hybridized carbons (Fsp3) is 0.500. The van der Waals surface area contributed by atoms with Gasteiger partial charge in [0, 0.05) is 12.2 Å². The number of urea groups is 1. The van der Waals surface area contributed by atoms with Crippen molar-refractivity contribution in [1.82, 2.24) is 20.3 Å². The molecule has 2 aliphatic carbocycles. The third-order valence-corrected chi connectivity index (χ3v) is 4.56. The molecule has 20 heavy (non-hydrogen) atoms. The topological polar surface area (TPSA) is 82.7 Å². The summed E-state index contributed by atoms with van der Waals surface area (Å²) in [6.07, 6.45) is 8.34. The van der Waals surface area contributed by atoms with Crippen molar-refractivity contribution in [1.29, 1.82) is 0 Å². The molecule has 2 amide bonds. The van der Waals surface area contributed by atoms with E-state index in [9.17, 15) is 4.79 Å². The molecular formula is C14H17N5O. The molecule has 0 radical (unpaired) electrons. The van der Waals surface area contributed by atoms with Crippen molar-refractivity contribution in [3.05, 3.63) is 18.5 Å². The first-order valence-corrected chi connectivity index (χ1v) is 7.15. The maximum Gasteiger partial charge on any atom is 0.320 e. The molecule has 104 valence electrons. The lowest BCUT2D eigenvalue weighted by Gasteiger charge is -2.22. The van der Waals surface area contributed by atoms with Crippen LogP contribution >= 0.6 is 0 Å². The third-order valence-electron chi connectivity index (χ3n) is 4.56. The van der Waals surface area contributed by atoms with Crippen molar-refractivity contribution >= 4 is 23.0 Å². The minimum atomic E-state index is -0.174. The van der Waals surface area contributed by atoms with Gasteiger partial charge in [0.2, 0.25) is 0 Å². The highest BCUT2D eigenvalue weighted by atomic mass is 16.2. The van der Waals surface area contributed by atoms with E-state index in [4.69, 9.17) is 0 Å². The summed E-state index contributed by atoms with van der Waals surface area (Å²) in [6, 6.07) is 1.99. The molecule has 3 N–H and O–H groups in total. The number of rotatable bonds is 2. The van der Waals surface area contributed by atoms with Crippen LogP contribution in [0.3, 0.4) is 0 Å². The van der Waals surface area contributed by atoms with Crippen LogP contribution in [0.1, 0.15) is 25.7 Å². The average molecular weight is 271 g/mol. The van der Waals surface area contributed by atoms with Crippen molar-refractivity contribution < 1.29 is 4.79 Å². The molecule has 0 saturated heterocycles.